The Labute approximate surface area is 142 Å². The lowest BCUT2D eigenvalue weighted by Gasteiger charge is -2.37. The van der Waals surface area contributed by atoms with Crippen LogP contribution in [0.4, 0.5) is 13.2 Å². The molecule has 8 heteroatoms. The molecule has 2 bridgehead atoms. The van der Waals surface area contributed by atoms with Gasteiger partial charge in [-0.3, -0.25) is 0 Å². The van der Waals surface area contributed by atoms with E-state index in [1.165, 1.54) is 4.31 Å². The minimum atomic E-state index is -4.22. The van der Waals surface area contributed by atoms with Crippen LogP contribution >= 0.6 is 0 Å². The van der Waals surface area contributed by atoms with Crippen LogP contribution in [0.15, 0.2) is 0 Å². The number of sulfonamides is 1. The number of alkyl halides is 3. The van der Waals surface area contributed by atoms with Gasteiger partial charge in [0.15, 0.2) is 0 Å². The number of hydrogen-bond donors (Lipinski definition) is 0. The van der Waals surface area contributed by atoms with Gasteiger partial charge in [-0.1, -0.05) is 0 Å². The fourth-order valence-electron chi connectivity index (χ4n) is 5.06. The van der Waals surface area contributed by atoms with E-state index in [1.54, 1.807) is 7.05 Å². The molecule has 4 nitrogen and oxygen atoms in total. The van der Waals surface area contributed by atoms with E-state index in [0.717, 1.165) is 19.4 Å². The number of hydrogen-bond acceptors (Lipinski definition) is 3. The molecule has 1 saturated heterocycles. The third-order valence-corrected chi connectivity index (χ3v) is 8.78. The van der Waals surface area contributed by atoms with Gasteiger partial charge in [0.25, 0.3) is 0 Å². The van der Waals surface area contributed by atoms with Crippen molar-refractivity contribution >= 4 is 10.0 Å². The van der Waals surface area contributed by atoms with E-state index in [4.69, 9.17) is 0 Å². The van der Waals surface area contributed by atoms with E-state index in [9.17, 15) is 21.6 Å². The molecule has 0 radical (unpaired) electrons. The lowest BCUT2D eigenvalue weighted by Crippen LogP contribution is -2.49. The molecule has 140 valence electrons. The molecule has 1 atom stereocenters. The summed E-state index contributed by atoms with van der Waals surface area (Å²) in [6.45, 7) is 1.65. The fraction of sp³-hybridized carbons (Fsp3) is 1.00. The molecule has 0 aromatic carbocycles. The smallest absolute Gasteiger partial charge is 0.305 e. The van der Waals surface area contributed by atoms with Gasteiger partial charge in [-0.25, -0.2) is 12.7 Å². The van der Waals surface area contributed by atoms with Crippen molar-refractivity contribution in [3.8, 4) is 0 Å². The van der Waals surface area contributed by atoms with Crippen LogP contribution in [0.3, 0.4) is 0 Å². The topological polar surface area (TPSA) is 40.6 Å². The molecule has 2 aliphatic carbocycles. The monoisotopic (exact) mass is 368 g/mol. The molecule has 3 rings (SSSR count). The molecule has 24 heavy (non-hydrogen) atoms. The first-order chi connectivity index (χ1) is 11.0. The standard InChI is InChI=1S/C16H27F3N2O2S/c1-20-9-3-4-13(10-20)21(2)24(22,23)12-14-5-7-15(11-14,8-6-14)16(17,18)19/h13H,3-12H2,1-2H3/t13-,14?,15?/m1/s1. The summed E-state index contributed by atoms with van der Waals surface area (Å²) in [7, 11) is 0.0196. The second-order valence-corrected chi connectivity index (χ2v) is 10.3. The molecule has 0 amide bonds. The number of rotatable bonds is 4. The molecule has 0 aromatic heterocycles. The van der Waals surface area contributed by atoms with E-state index in [0.29, 0.717) is 19.4 Å². The Kier molecular flexibility index (Phi) is 4.49. The van der Waals surface area contributed by atoms with E-state index < -0.39 is 27.0 Å². The lowest BCUT2D eigenvalue weighted by molar-refractivity contribution is -0.220. The summed E-state index contributed by atoms with van der Waals surface area (Å²) < 4.78 is 67.3. The third-order valence-electron chi connectivity index (χ3n) is 6.62. The first-order valence-electron chi connectivity index (χ1n) is 8.70. The molecule has 1 aliphatic heterocycles. The summed E-state index contributed by atoms with van der Waals surface area (Å²) in [5, 5.41) is 0. The minimum Gasteiger partial charge on any atom is -0.305 e. The van der Waals surface area contributed by atoms with Crippen molar-refractivity contribution in [2.75, 3.05) is 32.9 Å². The van der Waals surface area contributed by atoms with Crippen molar-refractivity contribution in [1.29, 1.82) is 0 Å². The molecule has 3 fully saturated rings. The molecule has 0 unspecified atom stereocenters. The maximum Gasteiger partial charge on any atom is 0.394 e. The average molecular weight is 368 g/mol. The van der Waals surface area contributed by atoms with E-state index >= 15 is 0 Å². The van der Waals surface area contributed by atoms with Gasteiger partial charge in [0, 0.05) is 19.6 Å². The van der Waals surface area contributed by atoms with Gasteiger partial charge in [-0.05, 0) is 64.0 Å². The summed E-state index contributed by atoms with van der Waals surface area (Å²) in [5.74, 6) is -0.130. The van der Waals surface area contributed by atoms with Gasteiger partial charge < -0.3 is 4.90 Å². The highest BCUT2D eigenvalue weighted by Crippen LogP contribution is 2.67. The first-order valence-corrected chi connectivity index (χ1v) is 10.3. The fourth-order valence-corrected chi connectivity index (χ4v) is 7.06. The van der Waals surface area contributed by atoms with E-state index in [2.05, 4.69) is 4.90 Å². The van der Waals surface area contributed by atoms with Crippen LogP contribution in [-0.4, -0.2) is 62.8 Å². The van der Waals surface area contributed by atoms with Crippen molar-refractivity contribution < 1.29 is 21.6 Å². The molecule has 0 spiro atoms. The number of fused-ring (bicyclic) bond motifs is 2. The van der Waals surface area contributed by atoms with Crippen LogP contribution in [0.25, 0.3) is 0 Å². The zero-order chi connectivity index (χ0) is 17.8. The highest BCUT2D eigenvalue weighted by atomic mass is 32.2. The minimum absolute atomic E-state index is 0.0128. The van der Waals surface area contributed by atoms with Gasteiger partial charge in [0.1, 0.15) is 0 Å². The van der Waals surface area contributed by atoms with Crippen LogP contribution in [0.2, 0.25) is 0 Å². The summed E-state index contributed by atoms with van der Waals surface area (Å²) in [6.07, 6.45) is -1.53. The van der Waals surface area contributed by atoms with Crippen LogP contribution in [0, 0.1) is 10.8 Å². The zero-order valence-electron chi connectivity index (χ0n) is 14.4. The van der Waals surface area contributed by atoms with Gasteiger partial charge in [0.2, 0.25) is 10.0 Å². The van der Waals surface area contributed by atoms with Crippen molar-refractivity contribution in [1.82, 2.24) is 9.21 Å². The van der Waals surface area contributed by atoms with Crippen molar-refractivity contribution in [2.45, 2.75) is 57.2 Å². The second-order valence-electron chi connectivity index (χ2n) is 8.29. The van der Waals surface area contributed by atoms with Crippen molar-refractivity contribution in [3.63, 3.8) is 0 Å². The summed E-state index contributed by atoms with van der Waals surface area (Å²) in [5.41, 5.74) is -2.31. The van der Waals surface area contributed by atoms with E-state index in [1.807, 2.05) is 7.05 Å². The van der Waals surface area contributed by atoms with Gasteiger partial charge in [-0.2, -0.15) is 13.2 Å². The maximum absolute atomic E-state index is 13.4. The number of piperidine rings is 1. The predicted molar refractivity (Wildman–Crippen MR) is 86.1 cm³/mol. The molecular weight excluding hydrogens is 341 g/mol. The second kappa shape index (κ2) is 5.84. The Morgan fingerprint density at radius 2 is 1.83 bits per heavy atom. The first kappa shape index (κ1) is 18.5. The number of likely N-dealkylation sites (N-methyl/N-ethyl adjacent to an activating group) is 2. The quantitative estimate of drug-likeness (QED) is 0.766. The molecule has 3 aliphatic rings. The SMILES string of the molecule is CN1CCC[C@@H](N(C)S(=O)(=O)CC23CCC(C(F)(F)F)(CC2)C3)C1. The Bertz CT molecular complexity index is 583. The Morgan fingerprint density at radius 1 is 1.21 bits per heavy atom. The van der Waals surface area contributed by atoms with Crippen LogP contribution in [-0.2, 0) is 10.0 Å². The molecule has 0 aromatic rings. The van der Waals surface area contributed by atoms with Crippen LogP contribution < -0.4 is 0 Å². The Morgan fingerprint density at radius 3 is 2.33 bits per heavy atom. The average Bonchev–Trinajstić information content (AvgIpc) is 3.02. The molecular formula is C16H27F3N2O2S. The van der Waals surface area contributed by atoms with Gasteiger partial charge in [0.05, 0.1) is 11.2 Å². The Hall–Kier alpha value is -0.340. The normalized spacial score (nSPS) is 38.2. The van der Waals surface area contributed by atoms with Gasteiger partial charge in [-0.15, -0.1) is 0 Å². The highest BCUT2D eigenvalue weighted by Gasteiger charge is 2.66. The van der Waals surface area contributed by atoms with Gasteiger partial charge >= 0.3 is 6.18 Å². The predicted octanol–water partition coefficient (Wildman–Crippen LogP) is 2.86. The third kappa shape index (κ3) is 3.09. The number of likely N-dealkylation sites (tertiary alicyclic amines) is 1. The summed E-state index contributed by atoms with van der Waals surface area (Å²) in [6, 6.07) is -0.0691. The molecule has 1 heterocycles. The highest BCUT2D eigenvalue weighted by molar-refractivity contribution is 7.89. The molecule has 2 saturated carbocycles. The number of halogens is 3. The summed E-state index contributed by atoms with van der Waals surface area (Å²) >= 11 is 0. The molecule has 0 N–H and O–H groups in total. The summed E-state index contributed by atoms with van der Waals surface area (Å²) in [4.78, 5) is 2.11. The van der Waals surface area contributed by atoms with Crippen molar-refractivity contribution in [3.05, 3.63) is 0 Å². The lowest BCUT2D eigenvalue weighted by atomic mass is 9.82. The zero-order valence-corrected chi connectivity index (χ0v) is 15.2. The largest absolute Gasteiger partial charge is 0.394 e. The number of nitrogens with zero attached hydrogens (tertiary/aromatic N) is 2. The van der Waals surface area contributed by atoms with Crippen molar-refractivity contribution in [2.24, 2.45) is 10.8 Å². The van der Waals surface area contributed by atoms with Crippen LogP contribution in [0.1, 0.15) is 44.9 Å². The van der Waals surface area contributed by atoms with E-state index in [-0.39, 0.29) is 31.1 Å². The maximum atomic E-state index is 13.4. The van der Waals surface area contributed by atoms with Crippen LogP contribution in [0.5, 0.6) is 0 Å². The Balaban J connectivity index is 1.71.